The fourth-order valence-corrected chi connectivity index (χ4v) is 6.09. The Balaban J connectivity index is 1.40. The van der Waals surface area contributed by atoms with E-state index in [4.69, 9.17) is 0 Å². The highest BCUT2D eigenvalue weighted by molar-refractivity contribution is 7.89. The molecule has 2 aromatic carbocycles. The number of fused-ring (bicyclic) bond motifs is 1. The summed E-state index contributed by atoms with van der Waals surface area (Å²) in [5, 5.41) is 11.2. The molecule has 34 heavy (non-hydrogen) atoms. The molecule has 1 fully saturated rings. The van der Waals surface area contributed by atoms with Crippen LogP contribution >= 0.6 is 0 Å². The van der Waals surface area contributed by atoms with E-state index in [2.05, 4.69) is 20.1 Å². The van der Waals surface area contributed by atoms with E-state index in [9.17, 15) is 17.6 Å². The van der Waals surface area contributed by atoms with Gasteiger partial charge in [-0.3, -0.25) is 4.79 Å². The molecule has 1 amide bonds. The SMILES string of the molecule is O=C(Nc1cc(-c2nnc3n2CCCCC3)ccc1F)c1cccc(S(=O)(=O)N2CCCC2)c1. The summed E-state index contributed by atoms with van der Waals surface area (Å²) in [6.45, 7) is 1.75. The van der Waals surface area contributed by atoms with Crippen molar-refractivity contribution in [3.8, 4) is 11.4 Å². The number of nitrogens with one attached hydrogen (secondary N) is 1. The molecule has 0 unspecified atom stereocenters. The summed E-state index contributed by atoms with van der Waals surface area (Å²) in [5.41, 5.74) is 0.797. The summed E-state index contributed by atoms with van der Waals surface area (Å²) in [7, 11) is -3.66. The number of halogens is 1. The van der Waals surface area contributed by atoms with E-state index in [1.165, 1.54) is 34.6 Å². The zero-order valence-electron chi connectivity index (χ0n) is 18.7. The van der Waals surface area contributed by atoms with Gasteiger partial charge < -0.3 is 9.88 Å². The predicted molar refractivity (Wildman–Crippen MR) is 125 cm³/mol. The maximum atomic E-state index is 14.6. The van der Waals surface area contributed by atoms with Crippen LogP contribution in [-0.4, -0.2) is 46.5 Å². The first-order valence-electron chi connectivity index (χ1n) is 11.6. The quantitative estimate of drug-likeness (QED) is 0.595. The Kier molecular flexibility index (Phi) is 6.18. The van der Waals surface area contributed by atoms with Crippen LogP contribution in [-0.2, 0) is 23.0 Å². The predicted octanol–water partition coefficient (Wildman–Crippen LogP) is 3.85. The standard InChI is InChI=1S/C24H26FN5O3S/c25-20-11-10-17(23-28-27-22-9-2-1-3-14-30(22)23)16-21(20)26-24(31)18-7-6-8-19(15-18)34(32,33)29-12-4-5-13-29/h6-8,10-11,15-16H,1-5,9,12-14H2,(H,26,31). The third-order valence-corrected chi connectivity index (χ3v) is 8.28. The fraction of sp³-hybridized carbons (Fsp3) is 0.375. The Morgan fingerprint density at radius 3 is 2.56 bits per heavy atom. The highest BCUT2D eigenvalue weighted by atomic mass is 32.2. The lowest BCUT2D eigenvalue weighted by Gasteiger charge is -2.16. The molecule has 178 valence electrons. The number of carbonyl (C=O) groups is 1. The number of nitrogens with zero attached hydrogens (tertiary/aromatic N) is 4. The molecule has 0 atom stereocenters. The summed E-state index contributed by atoms with van der Waals surface area (Å²) in [6.07, 6.45) is 5.72. The maximum absolute atomic E-state index is 14.6. The Hall–Kier alpha value is -3.11. The van der Waals surface area contributed by atoms with E-state index in [-0.39, 0.29) is 16.1 Å². The van der Waals surface area contributed by atoms with Crippen molar-refractivity contribution in [2.45, 2.75) is 50.0 Å². The van der Waals surface area contributed by atoms with Crippen molar-refractivity contribution in [1.82, 2.24) is 19.1 Å². The van der Waals surface area contributed by atoms with Crippen LogP contribution in [0.15, 0.2) is 47.4 Å². The van der Waals surface area contributed by atoms with Crippen molar-refractivity contribution in [3.63, 3.8) is 0 Å². The zero-order valence-corrected chi connectivity index (χ0v) is 19.5. The molecule has 1 aromatic heterocycles. The third-order valence-electron chi connectivity index (χ3n) is 6.38. The van der Waals surface area contributed by atoms with E-state index in [1.54, 1.807) is 12.1 Å². The van der Waals surface area contributed by atoms with Crippen molar-refractivity contribution >= 4 is 21.6 Å². The second-order valence-corrected chi connectivity index (χ2v) is 10.6. The Labute approximate surface area is 197 Å². The molecule has 3 aromatic rings. The topological polar surface area (TPSA) is 97.2 Å². The van der Waals surface area contributed by atoms with Crippen molar-refractivity contribution in [2.24, 2.45) is 0 Å². The molecule has 0 spiro atoms. The van der Waals surface area contributed by atoms with Gasteiger partial charge in [0.1, 0.15) is 11.6 Å². The molecule has 1 saturated heterocycles. The summed E-state index contributed by atoms with van der Waals surface area (Å²) >= 11 is 0. The smallest absolute Gasteiger partial charge is 0.255 e. The fourth-order valence-electron chi connectivity index (χ4n) is 4.53. The molecule has 8 nitrogen and oxygen atoms in total. The van der Waals surface area contributed by atoms with Gasteiger partial charge in [-0.05, 0) is 62.1 Å². The third kappa shape index (κ3) is 4.35. The van der Waals surface area contributed by atoms with Gasteiger partial charge >= 0.3 is 0 Å². The number of hydrogen-bond donors (Lipinski definition) is 1. The minimum absolute atomic E-state index is 0.00118. The van der Waals surface area contributed by atoms with Gasteiger partial charge in [0, 0.05) is 37.2 Å². The van der Waals surface area contributed by atoms with Crippen LogP contribution < -0.4 is 5.32 Å². The molecular weight excluding hydrogens is 457 g/mol. The second kappa shape index (κ2) is 9.27. The summed E-state index contributed by atoms with van der Waals surface area (Å²) in [4.78, 5) is 13.0. The highest BCUT2D eigenvalue weighted by Crippen LogP contribution is 2.27. The minimum atomic E-state index is -3.66. The molecule has 0 aliphatic carbocycles. The largest absolute Gasteiger partial charge is 0.319 e. The van der Waals surface area contributed by atoms with Crippen LogP contribution in [0.4, 0.5) is 10.1 Å². The first kappa shape index (κ1) is 22.7. The van der Waals surface area contributed by atoms with Crippen LogP contribution in [0.1, 0.15) is 48.3 Å². The molecule has 10 heteroatoms. The Bertz CT molecular complexity index is 1330. The van der Waals surface area contributed by atoms with Gasteiger partial charge in [-0.15, -0.1) is 10.2 Å². The molecule has 1 N–H and O–H groups in total. The van der Waals surface area contributed by atoms with Crippen LogP contribution in [0.3, 0.4) is 0 Å². The van der Waals surface area contributed by atoms with Gasteiger partial charge in [0.05, 0.1) is 10.6 Å². The van der Waals surface area contributed by atoms with Gasteiger partial charge in [0.25, 0.3) is 5.91 Å². The zero-order chi connectivity index (χ0) is 23.7. The molecule has 3 heterocycles. The van der Waals surface area contributed by atoms with E-state index in [0.717, 1.165) is 50.9 Å². The molecule has 2 aliphatic heterocycles. The van der Waals surface area contributed by atoms with E-state index in [0.29, 0.717) is 24.5 Å². The summed E-state index contributed by atoms with van der Waals surface area (Å²) < 4.78 is 43.8. The van der Waals surface area contributed by atoms with E-state index >= 15 is 0 Å². The van der Waals surface area contributed by atoms with Crippen LogP contribution in [0.2, 0.25) is 0 Å². The van der Waals surface area contributed by atoms with Crippen molar-refractivity contribution in [2.75, 3.05) is 18.4 Å². The van der Waals surface area contributed by atoms with Crippen molar-refractivity contribution < 1.29 is 17.6 Å². The maximum Gasteiger partial charge on any atom is 0.255 e. The van der Waals surface area contributed by atoms with Crippen LogP contribution in [0.25, 0.3) is 11.4 Å². The molecule has 2 aliphatic rings. The number of anilines is 1. The van der Waals surface area contributed by atoms with E-state index in [1.807, 2.05) is 0 Å². The summed E-state index contributed by atoms with van der Waals surface area (Å²) in [6, 6.07) is 10.3. The average molecular weight is 484 g/mol. The van der Waals surface area contributed by atoms with Crippen LogP contribution in [0.5, 0.6) is 0 Å². The van der Waals surface area contributed by atoms with Crippen molar-refractivity contribution in [3.05, 3.63) is 59.7 Å². The molecule has 5 rings (SSSR count). The lowest BCUT2D eigenvalue weighted by Crippen LogP contribution is -2.28. The van der Waals surface area contributed by atoms with Crippen molar-refractivity contribution in [1.29, 1.82) is 0 Å². The average Bonchev–Trinajstić information content (AvgIpc) is 3.47. The van der Waals surface area contributed by atoms with Gasteiger partial charge in [-0.25, -0.2) is 12.8 Å². The van der Waals surface area contributed by atoms with Gasteiger partial charge in [0.15, 0.2) is 5.82 Å². The number of amides is 1. The first-order chi connectivity index (χ1) is 16.4. The lowest BCUT2D eigenvalue weighted by atomic mass is 10.1. The number of carbonyl (C=O) groups excluding carboxylic acids is 1. The lowest BCUT2D eigenvalue weighted by molar-refractivity contribution is 0.102. The minimum Gasteiger partial charge on any atom is -0.319 e. The molecular formula is C24H26FN5O3S. The monoisotopic (exact) mass is 483 g/mol. The Morgan fingerprint density at radius 1 is 0.941 bits per heavy atom. The van der Waals surface area contributed by atoms with Gasteiger partial charge in [-0.1, -0.05) is 12.5 Å². The number of sulfonamides is 1. The molecule has 0 radical (unpaired) electrons. The number of benzene rings is 2. The number of hydrogen-bond acceptors (Lipinski definition) is 5. The second-order valence-electron chi connectivity index (χ2n) is 8.69. The normalized spacial score (nSPS) is 16.7. The number of aryl methyl sites for hydroxylation is 1. The van der Waals surface area contributed by atoms with Crippen LogP contribution in [0, 0.1) is 5.82 Å². The first-order valence-corrected chi connectivity index (χ1v) is 13.0. The van der Waals surface area contributed by atoms with E-state index < -0.39 is 21.7 Å². The Morgan fingerprint density at radius 2 is 1.74 bits per heavy atom. The molecule has 0 saturated carbocycles. The van der Waals surface area contributed by atoms with Gasteiger partial charge in [0.2, 0.25) is 10.0 Å². The summed E-state index contributed by atoms with van der Waals surface area (Å²) in [5.74, 6) is 0.382. The highest BCUT2D eigenvalue weighted by Gasteiger charge is 2.27. The van der Waals surface area contributed by atoms with Gasteiger partial charge in [-0.2, -0.15) is 4.31 Å². The molecule has 0 bridgehead atoms. The number of rotatable bonds is 5. The number of aromatic nitrogens is 3.